The fourth-order valence-electron chi connectivity index (χ4n) is 2.92. The minimum Gasteiger partial charge on any atom is -0.368 e. The highest BCUT2D eigenvalue weighted by molar-refractivity contribution is 7.90. The Morgan fingerprint density at radius 3 is 2.24 bits per heavy atom. The molecule has 0 aliphatic carbocycles. The molecule has 0 aromatic heterocycles. The molecule has 2 N–H and O–H groups in total. The van der Waals surface area contributed by atoms with Crippen LogP contribution < -0.4 is 15.6 Å². The molecule has 29 heavy (non-hydrogen) atoms. The van der Waals surface area contributed by atoms with Crippen molar-refractivity contribution in [2.45, 2.75) is 17.4 Å². The van der Waals surface area contributed by atoms with Gasteiger partial charge in [-0.1, -0.05) is 0 Å². The SMILES string of the molecule is CN(C(=O)C1=NN(c2ccc(F)cc2)C(C(N)=O)C1)c1ccc(S(C)(=O)=O)cc1. The molecule has 10 heteroatoms. The zero-order chi connectivity index (χ0) is 21.3. The maximum absolute atomic E-state index is 13.2. The van der Waals surface area contributed by atoms with Gasteiger partial charge < -0.3 is 10.6 Å². The van der Waals surface area contributed by atoms with Gasteiger partial charge in [0.25, 0.3) is 5.91 Å². The van der Waals surface area contributed by atoms with Crippen LogP contribution in [0.2, 0.25) is 0 Å². The molecule has 1 heterocycles. The van der Waals surface area contributed by atoms with Gasteiger partial charge in [-0.25, -0.2) is 12.8 Å². The number of carbonyl (C=O) groups is 2. The summed E-state index contributed by atoms with van der Waals surface area (Å²) in [4.78, 5) is 26.1. The molecule has 1 atom stereocenters. The standard InChI is InChI=1S/C19H19FN4O4S/c1-23(13-7-9-15(10-8-13)29(2,27)28)19(26)16-11-17(18(21)25)24(22-16)14-5-3-12(20)4-6-14/h3-10,17H,11H2,1-2H3,(H2,21,25). The lowest BCUT2D eigenvalue weighted by Crippen LogP contribution is -2.40. The molecule has 0 radical (unpaired) electrons. The van der Waals surface area contributed by atoms with Crippen LogP contribution in [-0.4, -0.2) is 45.3 Å². The number of sulfone groups is 1. The summed E-state index contributed by atoms with van der Waals surface area (Å²) in [7, 11) is -1.84. The largest absolute Gasteiger partial charge is 0.368 e. The Labute approximate surface area is 167 Å². The van der Waals surface area contributed by atoms with Gasteiger partial charge in [-0.3, -0.25) is 14.6 Å². The van der Waals surface area contributed by atoms with E-state index in [1.807, 2.05) is 0 Å². The Balaban J connectivity index is 1.86. The zero-order valence-corrected chi connectivity index (χ0v) is 16.6. The van der Waals surface area contributed by atoms with Crippen molar-refractivity contribution in [2.75, 3.05) is 23.2 Å². The predicted octanol–water partition coefficient (Wildman–Crippen LogP) is 1.31. The van der Waals surface area contributed by atoms with E-state index < -0.39 is 33.5 Å². The molecule has 152 valence electrons. The quantitative estimate of drug-likeness (QED) is 0.787. The smallest absolute Gasteiger partial charge is 0.274 e. The summed E-state index contributed by atoms with van der Waals surface area (Å²) < 4.78 is 36.3. The molecule has 0 saturated carbocycles. The second kappa shape index (κ2) is 7.63. The number of nitrogens with zero attached hydrogens (tertiary/aromatic N) is 3. The Kier molecular flexibility index (Phi) is 5.38. The second-order valence-electron chi connectivity index (χ2n) is 6.62. The molecule has 2 aromatic rings. The molecule has 2 amide bonds. The minimum atomic E-state index is -3.35. The van der Waals surface area contributed by atoms with Crippen LogP contribution in [0.3, 0.4) is 0 Å². The van der Waals surface area contributed by atoms with Crippen LogP contribution >= 0.6 is 0 Å². The van der Waals surface area contributed by atoms with E-state index in [2.05, 4.69) is 5.10 Å². The molecule has 3 rings (SSSR count). The topological polar surface area (TPSA) is 113 Å². The lowest BCUT2D eigenvalue weighted by Gasteiger charge is -2.20. The summed E-state index contributed by atoms with van der Waals surface area (Å²) in [5.74, 6) is -1.57. The van der Waals surface area contributed by atoms with Crippen molar-refractivity contribution >= 4 is 38.7 Å². The van der Waals surface area contributed by atoms with E-state index >= 15 is 0 Å². The number of hydrazone groups is 1. The second-order valence-corrected chi connectivity index (χ2v) is 8.64. The van der Waals surface area contributed by atoms with Crippen molar-refractivity contribution in [2.24, 2.45) is 10.8 Å². The average Bonchev–Trinajstić information content (AvgIpc) is 3.12. The maximum Gasteiger partial charge on any atom is 0.274 e. The van der Waals surface area contributed by atoms with Crippen molar-refractivity contribution in [1.29, 1.82) is 0 Å². The van der Waals surface area contributed by atoms with Crippen molar-refractivity contribution < 1.29 is 22.4 Å². The highest BCUT2D eigenvalue weighted by Gasteiger charge is 2.36. The van der Waals surface area contributed by atoms with Gasteiger partial charge in [0.15, 0.2) is 9.84 Å². The van der Waals surface area contributed by atoms with Crippen LogP contribution in [0.1, 0.15) is 6.42 Å². The van der Waals surface area contributed by atoms with E-state index in [0.29, 0.717) is 11.4 Å². The first-order valence-corrected chi connectivity index (χ1v) is 10.5. The zero-order valence-electron chi connectivity index (χ0n) is 15.7. The third-order valence-electron chi connectivity index (χ3n) is 4.53. The molecular weight excluding hydrogens is 399 g/mol. The van der Waals surface area contributed by atoms with Gasteiger partial charge in [-0.2, -0.15) is 5.10 Å². The van der Waals surface area contributed by atoms with Crippen molar-refractivity contribution in [1.82, 2.24) is 0 Å². The highest BCUT2D eigenvalue weighted by atomic mass is 32.2. The number of primary amides is 1. The van der Waals surface area contributed by atoms with E-state index in [0.717, 1.165) is 6.26 Å². The van der Waals surface area contributed by atoms with E-state index in [1.54, 1.807) is 0 Å². The molecule has 0 saturated heterocycles. The Bertz CT molecular complexity index is 1080. The summed E-state index contributed by atoms with van der Waals surface area (Å²) in [5, 5.41) is 5.53. The first kappa shape index (κ1) is 20.5. The monoisotopic (exact) mass is 418 g/mol. The van der Waals surface area contributed by atoms with Crippen LogP contribution in [0, 0.1) is 5.82 Å². The van der Waals surface area contributed by atoms with Crippen molar-refractivity contribution in [3.8, 4) is 0 Å². The van der Waals surface area contributed by atoms with Gasteiger partial charge in [0.05, 0.1) is 10.6 Å². The van der Waals surface area contributed by atoms with Crippen LogP contribution in [-0.2, 0) is 19.4 Å². The Morgan fingerprint density at radius 1 is 1.14 bits per heavy atom. The highest BCUT2D eigenvalue weighted by Crippen LogP contribution is 2.26. The lowest BCUT2D eigenvalue weighted by atomic mass is 10.1. The number of carbonyl (C=O) groups excluding carboxylic acids is 2. The molecule has 1 aliphatic heterocycles. The lowest BCUT2D eigenvalue weighted by molar-refractivity contribution is -0.119. The number of rotatable bonds is 5. The number of amides is 2. The predicted molar refractivity (Wildman–Crippen MR) is 107 cm³/mol. The number of benzene rings is 2. The fraction of sp³-hybridized carbons (Fsp3) is 0.211. The summed E-state index contributed by atoms with van der Waals surface area (Å²) in [6.45, 7) is 0. The molecule has 0 spiro atoms. The number of hydrogen-bond donors (Lipinski definition) is 1. The summed E-state index contributed by atoms with van der Waals surface area (Å²) in [6, 6.07) is 10.3. The van der Waals surface area contributed by atoms with E-state index in [9.17, 15) is 22.4 Å². The van der Waals surface area contributed by atoms with Crippen LogP contribution in [0.5, 0.6) is 0 Å². The van der Waals surface area contributed by atoms with Crippen LogP contribution in [0.4, 0.5) is 15.8 Å². The van der Waals surface area contributed by atoms with Gasteiger partial charge in [0, 0.05) is 25.4 Å². The number of halogens is 1. The van der Waals surface area contributed by atoms with Crippen LogP contribution in [0.25, 0.3) is 0 Å². The summed E-state index contributed by atoms with van der Waals surface area (Å²) in [5.41, 5.74) is 6.45. The summed E-state index contributed by atoms with van der Waals surface area (Å²) in [6.07, 6.45) is 1.09. The molecule has 2 aromatic carbocycles. The van der Waals surface area contributed by atoms with E-state index in [4.69, 9.17) is 5.73 Å². The number of anilines is 2. The Hall–Kier alpha value is -3.27. The molecule has 8 nitrogen and oxygen atoms in total. The van der Waals surface area contributed by atoms with Crippen LogP contribution in [0.15, 0.2) is 58.5 Å². The average molecular weight is 418 g/mol. The van der Waals surface area contributed by atoms with Gasteiger partial charge >= 0.3 is 0 Å². The van der Waals surface area contributed by atoms with Gasteiger partial charge in [0.1, 0.15) is 17.6 Å². The van der Waals surface area contributed by atoms with E-state index in [1.165, 1.54) is 65.5 Å². The third kappa shape index (κ3) is 4.27. The number of hydrogen-bond acceptors (Lipinski definition) is 6. The molecule has 0 bridgehead atoms. The van der Waals surface area contributed by atoms with Gasteiger partial charge in [-0.05, 0) is 48.5 Å². The molecular formula is C19H19FN4O4S. The van der Waals surface area contributed by atoms with Crippen molar-refractivity contribution in [3.05, 3.63) is 54.3 Å². The Morgan fingerprint density at radius 2 is 1.72 bits per heavy atom. The van der Waals surface area contributed by atoms with E-state index in [-0.39, 0.29) is 17.0 Å². The number of nitrogens with two attached hydrogens (primary N) is 1. The molecule has 1 aliphatic rings. The third-order valence-corrected chi connectivity index (χ3v) is 5.66. The van der Waals surface area contributed by atoms with Gasteiger partial charge in [-0.15, -0.1) is 0 Å². The normalized spacial score (nSPS) is 16.4. The first-order chi connectivity index (χ1) is 13.6. The minimum absolute atomic E-state index is 0.00267. The molecule has 0 fully saturated rings. The molecule has 1 unspecified atom stereocenters. The summed E-state index contributed by atoms with van der Waals surface area (Å²) >= 11 is 0. The first-order valence-electron chi connectivity index (χ1n) is 8.57. The maximum atomic E-state index is 13.2. The fourth-order valence-corrected chi connectivity index (χ4v) is 3.55. The van der Waals surface area contributed by atoms with Gasteiger partial charge in [0.2, 0.25) is 5.91 Å². The van der Waals surface area contributed by atoms with Crippen molar-refractivity contribution in [3.63, 3.8) is 0 Å².